The zero-order valence-corrected chi connectivity index (χ0v) is 64.8. The summed E-state index contributed by atoms with van der Waals surface area (Å²) < 4.78 is 68.5. The van der Waals surface area contributed by atoms with Crippen molar-refractivity contribution in [1.82, 2.24) is 0 Å². The maximum Gasteiger partial charge on any atom is 0.472 e. The number of hydrogen-bond acceptors (Lipinski definition) is 15. The highest BCUT2D eigenvalue weighted by atomic mass is 31.2. The molecular formula is C78H148O17P2. The third-order valence-corrected chi connectivity index (χ3v) is 19.4. The summed E-state index contributed by atoms with van der Waals surface area (Å²) in [6.07, 6.45) is 57.7. The van der Waals surface area contributed by atoms with Crippen LogP contribution >= 0.6 is 15.6 Å². The third kappa shape index (κ3) is 71.7. The van der Waals surface area contributed by atoms with Gasteiger partial charge in [-0.1, -0.05) is 323 Å². The molecule has 0 bridgehead atoms. The number of carbonyl (C=O) groups is 4. The van der Waals surface area contributed by atoms with Gasteiger partial charge in [-0.15, -0.1) is 0 Å². The average molecular weight is 1420 g/mol. The fraction of sp³-hybridized carbons (Fsp3) is 0.897. The van der Waals surface area contributed by atoms with Gasteiger partial charge in [0.2, 0.25) is 0 Å². The van der Waals surface area contributed by atoms with Crippen LogP contribution in [-0.2, 0) is 65.4 Å². The minimum absolute atomic E-state index is 0.0993. The van der Waals surface area contributed by atoms with Gasteiger partial charge in [0.1, 0.15) is 19.3 Å². The Kier molecular flexibility index (Phi) is 66.3. The topological polar surface area (TPSA) is 237 Å². The van der Waals surface area contributed by atoms with Gasteiger partial charge in [-0.25, -0.2) is 9.13 Å². The van der Waals surface area contributed by atoms with Gasteiger partial charge in [-0.2, -0.15) is 0 Å². The minimum Gasteiger partial charge on any atom is -0.462 e. The summed E-state index contributed by atoms with van der Waals surface area (Å²) in [7, 11) is -9.93. The van der Waals surface area contributed by atoms with Crippen molar-refractivity contribution >= 4 is 39.5 Å². The van der Waals surface area contributed by atoms with Gasteiger partial charge < -0.3 is 33.8 Å². The molecule has 3 unspecified atom stereocenters. The highest BCUT2D eigenvalue weighted by Crippen LogP contribution is 2.45. The number of ether oxygens (including phenoxy) is 4. The van der Waals surface area contributed by atoms with E-state index in [4.69, 9.17) is 37.0 Å². The fourth-order valence-corrected chi connectivity index (χ4v) is 13.0. The van der Waals surface area contributed by atoms with Crippen LogP contribution < -0.4 is 0 Å². The molecule has 0 spiro atoms. The molecule has 97 heavy (non-hydrogen) atoms. The van der Waals surface area contributed by atoms with Crippen molar-refractivity contribution in [1.29, 1.82) is 0 Å². The van der Waals surface area contributed by atoms with Gasteiger partial charge in [0.05, 0.1) is 26.4 Å². The molecule has 5 atom stereocenters. The quantitative estimate of drug-likeness (QED) is 0.0169. The molecule has 0 amide bonds. The van der Waals surface area contributed by atoms with Crippen LogP contribution in [0.1, 0.15) is 376 Å². The van der Waals surface area contributed by atoms with Crippen LogP contribution in [0.15, 0.2) is 24.3 Å². The predicted molar refractivity (Wildman–Crippen MR) is 395 cm³/mol. The van der Waals surface area contributed by atoms with Crippen molar-refractivity contribution in [2.75, 3.05) is 39.6 Å². The Morgan fingerprint density at radius 3 is 0.835 bits per heavy atom. The second-order valence-electron chi connectivity index (χ2n) is 28.8. The minimum atomic E-state index is -4.97. The molecular weight excluding hydrogens is 1270 g/mol. The van der Waals surface area contributed by atoms with Crippen molar-refractivity contribution in [3.8, 4) is 0 Å². The first-order valence-electron chi connectivity index (χ1n) is 39.7. The van der Waals surface area contributed by atoms with E-state index in [1.54, 1.807) is 0 Å². The molecule has 17 nitrogen and oxygen atoms in total. The van der Waals surface area contributed by atoms with E-state index in [1.165, 1.54) is 161 Å². The number of carbonyl (C=O) groups excluding carboxylic acids is 4. The Bertz CT molecular complexity index is 1980. The Morgan fingerprint density at radius 2 is 0.557 bits per heavy atom. The first-order valence-corrected chi connectivity index (χ1v) is 42.7. The molecule has 0 aromatic heterocycles. The number of rotatable bonds is 74. The van der Waals surface area contributed by atoms with Crippen molar-refractivity contribution in [3.63, 3.8) is 0 Å². The first kappa shape index (κ1) is 94.5. The molecule has 0 radical (unpaired) electrons. The van der Waals surface area contributed by atoms with Crippen LogP contribution in [0.2, 0.25) is 0 Å². The third-order valence-electron chi connectivity index (χ3n) is 17.5. The van der Waals surface area contributed by atoms with Crippen LogP contribution in [0.3, 0.4) is 0 Å². The summed E-state index contributed by atoms with van der Waals surface area (Å²) in [5, 5.41) is 10.6. The summed E-state index contributed by atoms with van der Waals surface area (Å²) in [5.74, 6) is 0.121. The van der Waals surface area contributed by atoms with Gasteiger partial charge in [0.25, 0.3) is 0 Å². The highest BCUT2D eigenvalue weighted by Gasteiger charge is 2.30. The van der Waals surface area contributed by atoms with E-state index in [0.29, 0.717) is 31.6 Å². The van der Waals surface area contributed by atoms with Gasteiger partial charge in [0.15, 0.2) is 12.2 Å². The summed E-state index contributed by atoms with van der Waals surface area (Å²) in [6, 6.07) is 0. The van der Waals surface area contributed by atoms with Gasteiger partial charge in [0, 0.05) is 25.7 Å². The molecule has 0 aliphatic rings. The fourth-order valence-electron chi connectivity index (χ4n) is 11.4. The van der Waals surface area contributed by atoms with Gasteiger partial charge in [-0.3, -0.25) is 37.3 Å². The van der Waals surface area contributed by atoms with Gasteiger partial charge in [-0.05, 0) is 69.1 Å². The smallest absolute Gasteiger partial charge is 0.462 e. The summed E-state index contributed by atoms with van der Waals surface area (Å²) >= 11 is 0. The molecule has 0 fully saturated rings. The SMILES string of the molecule is CCCCCC/C=C\C=C/CCCCCCCC(=O)OC[C@H](COP(=O)(O)OCC(O)COP(=O)(O)OC[C@@H](COC(=O)CCCCCCCCCC(C)C)OC(=O)CCCCCCCCCCCCCCCCCC(C)C)OC(=O)CCCCCCCCCCCCCC(C)C. The average Bonchev–Trinajstić information content (AvgIpc) is 1.37. The molecule has 0 saturated heterocycles. The largest absolute Gasteiger partial charge is 0.472 e. The Balaban J connectivity index is 5.27. The molecule has 0 heterocycles. The van der Waals surface area contributed by atoms with Crippen molar-refractivity contribution < 1.29 is 80.2 Å². The monoisotopic (exact) mass is 1420 g/mol. The van der Waals surface area contributed by atoms with E-state index in [9.17, 15) is 43.2 Å². The number of phosphoric acid groups is 2. The molecule has 0 aromatic rings. The Labute approximate surface area is 592 Å². The Morgan fingerprint density at radius 1 is 0.320 bits per heavy atom. The number of hydrogen-bond donors (Lipinski definition) is 3. The molecule has 0 rings (SSSR count). The number of phosphoric ester groups is 2. The molecule has 3 N–H and O–H groups in total. The summed E-state index contributed by atoms with van der Waals surface area (Å²) in [4.78, 5) is 72.9. The lowest BCUT2D eigenvalue weighted by molar-refractivity contribution is -0.161. The van der Waals surface area contributed by atoms with Crippen LogP contribution in [-0.4, -0.2) is 96.7 Å². The maximum atomic E-state index is 13.1. The zero-order chi connectivity index (χ0) is 71.6. The first-order chi connectivity index (χ1) is 46.7. The molecule has 0 saturated carbocycles. The maximum absolute atomic E-state index is 13.1. The predicted octanol–water partition coefficient (Wildman–Crippen LogP) is 22.5. The number of aliphatic hydroxyl groups is 1. The van der Waals surface area contributed by atoms with E-state index in [1.807, 2.05) is 0 Å². The lowest BCUT2D eigenvalue weighted by atomic mass is 10.0. The van der Waals surface area contributed by atoms with Crippen molar-refractivity contribution in [3.05, 3.63) is 24.3 Å². The molecule has 572 valence electrons. The van der Waals surface area contributed by atoms with E-state index in [0.717, 1.165) is 127 Å². The number of esters is 4. The number of aliphatic hydroxyl groups excluding tert-OH is 1. The van der Waals surface area contributed by atoms with Crippen LogP contribution in [0.25, 0.3) is 0 Å². The van der Waals surface area contributed by atoms with Crippen LogP contribution in [0, 0.1) is 17.8 Å². The van der Waals surface area contributed by atoms with Crippen molar-refractivity contribution in [2.45, 2.75) is 394 Å². The van der Waals surface area contributed by atoms with E-state index in [-0.39, 0.29) is 25.7 Å². The van der Waals surface area contributed by atoms with Crippen LogP contribution in [0.5, 0.6) is 0 Å². The number of unbranched alkanes of at least 4 members (excludes halogenated alkanes) is 39. The Hall–Kier alpha value is -2.46. The molecule has 19 heteroatoms. The molecule has 0 aliphatic heterocycles. The summed E-state index contributed by atoms with van der Waals surface area (Å²) in [5.41, 5.74) is 0. The standard InChI is InChI=1S/C78H148O17P2/c1-8-9-10-11-12-13-14-15-17-21-26-31-38-45-52-59-75(80)88-65-73(94-78(83)62-55-48-40-33-28-23-25-30-36-43-50-57-70(4)5)67-92-96(84,85)90-63-72(79)64-91-97(86,87)93-68-74(66-89-76(81)60-53-46-41-34-37-44-51-58-71(6)7)95-77(82)61-54-47-39-32-27-22-19-16-18-20-24-29-35-42-49-56-69(2)3/h13-15,17,69-74,79H,8-12,16,18-68H2,1-7H3,(H,84,85)(H,86,87)/b14-13-,17-15-/t72?,73-,74-/m1/s1. The van der Waals surface area contributed by atoms with E-state index < -0.39 is 97.5 Å². The lowest BCUT2D eigenvalue weighted by Gasteiger charge is -2.21. The lowest BCUT2D eigenvalue weighted by Crippen LogP contribution is -2.30. The second-order valence-corrected chi connectivity index (χ2v) is 31.7. The van der Waals surface area contributed by atoms with Crippen LogP contribution in [0.4, 0.5) is 0 Å². The molecule has 0 aromatic carbocycles. The van der Waals surface area contributed by atoms with Gasteiger partial charge >= 0.3 is 39.5 Å². The highest BCUT2D eigenvalue weighted by molar-refractivity contribution is 7.47. The molecule has 0 aliphatic carbocycles. The van der Waals surface area contributed by atoms with Crippen molar-refractivity contribution in [2.24, 2.45) is 17.8 Å². The number of allylic oxidation sites excluding steroid dienone is 4. The second kappa shape index (κ2) is 68.0. The summed E-state index contributed by atoms with van der Waals surface area (Å²) in [6.45, 7) is 11.8. The zero-order valence-electron chi connectivity index (χ0n) is 63.0. The normalized spacial score (nSPS) is 14.2. The van der Waals surface area contributed by atoms with E-state index >= 15 is 0 Å². The van der Waals surface area contributed by atoms with E-state index in [2.05, 4.69) is 72.8 Å².